The van der Waals surface area contributed by atoms with Gasteiger partial charge in [0.15, 0.2) is 6.61 Å². The van der Waals surface area contributed by atoms with E-state index in [-0.39, 0.29) is 5.69 Å². The van der Waals surface area contributed by atoms with E-state index in [0.717, 1.165) is 24.7 Å². The van der Waals surface area contributed by atoms with Gasteiger partial charge in [0.1, 0.15) is 5.69 Å². The van der Waals surface area contributed by atoms with Crippen molar-refractivity contribution < 1.29 is 14.3 Å². The maximum absolute atomic E-state index is 12.0. The Kier molecular flexibility index (Phi) is 6.29. The number of amides is 1. The minimum absolute atomic E-state index is 0.0653. The molecule has 1 saturated heterocycles. The van der Waals surface area contributed by atoms with Gasteiger partial charge in [-0.05, 0) is 55.2 Å². The predicted octanol–water partition coefficient (Wildman–Crippen LogP) is 3.77. The molecule has 2 aromatic rings. The summed E-state index contributed by atoms with van der Waals surface area (Å²) in [6.07, 6.45) is 3.81. The molecule has 0 aliphatic carbocycles. The van der Waals surface area contributed by atoms with Gasteiger partial charge in [0, 0.05) is 35.7 Å². The first-order valence-corrected chi connectivity index (χ1v) is 9.32. The summed E-state index contributed by atoms with van der Waals surface area (Å²) < 4.78 is 4.97. The summed E-state index contributed by atoms with van der Waals surface area (Å²) in [6.45, 7) is 4.00. The van der Waals surface area contributed by atoms with Crippen LogP contribution in [0.25, 0.3) is 0 Å². The first-order chi connectivity index (χ1) is 13.0. The van der Waals surface area contributed by atoms with Crippen LogP contribution < -0.4 is 10.2 Å². The van der Waals surface area contributed by atoms with E-state index in [1.807, 2.05) is 24.3 Å². The Morgan fingerprint density at radius 2 is 1.93 bits per heavy atom. The Balaban J connectivity index is 1.48. The fourth-order valence-corrected chi connectivity index (χ4v) is 3.10. The number of aromatic nitrogens is 1. The highest BCUT2D eigenvalue weighted by Gasteiger charge is 2.16. The number of ether oxygens (including phenoxy) is 1. The third-order valence-corrected chi connectivity index (χ3v) is 4.80. The zero-order valence-corrected chi connectivity index (χ0v) is 15.9. The molecule has 0 saturated carbocycles. The molecule has 6 nitrogen and oxygen atoms in total. The number of esters is 1. The topological polar surface area (TPSA) is 71.5 Å². The van der Waals surface area contributed by atoms with Gasteiger partial charge < -0.3 is 15.0 Å². The second-order valence-corrected chi connectivity index (χ2v) is 7.14. The molecule has 27 heavy (non-hydrogen) atoms. The summed E-state index contributed by atoms with van der Waals surface area (Å²) >= 11 is 5.80. The van der Waals surface area contributed by atoms with Gasteiger partial charge >= 0.3 is 5.97 Å². The molecule has 3 rings (SSSR count). The molecule has 1 fully saturated rings. The van der Waals surface area contributed by atoms with E-state index in [0.29, 0.717) is 10.7 Å². The highest BCUT2D eigenvalue weighted by atomic mass is 35.5. The van der Waals surface area contributed by atoms with Crippen molar-refractivity contribution in [2.24, 2.45) is 5.92 Å². The van der Waals surface area contributed by atoms with E-state index in [1.165, 1.54) is 25.1 Å². The third-order valence-electron chi connectivity index (χ3n) is 4.57. The summed E-state index contributed by atoms with van der Waals surface area (Å²) in [7, 11) is 0. The SMILES string of the molecule is CC1CCN(c2ccc(NC(=O)COC(=O)c3cc(Cl)ccn3)cc2)CC1. The van der Waals surface area contributed by atoms with Crippen LogP contribution in [-0.4, -0.2) is 36.6 Å². The zero-order valence-electron chi connectivity index (χ0n) is 15.2. The summed E-state index contributed by atoms with van der Waals surface area (Å²) in [5.74, 6) is -0.322. The molecule has 1 amide bonds. The van der Waals surface area contributed by atoms with Gasteiger partial charge in [-0.1, -0.05) is 18.5 Å². The molecule has 2 heterocycles. The molecule has 0 bridgehead atoms. The van der Waals surface area contributed by atoms with Crippen LogP contribution in [0.2, 0.25) is 5.02 Å². The first kappa shape index (κ1) is 19.2. The Labute approximate surface area is 163 Å². The van der Waals surface area contributed by atoms with Gasteiger partial charge in [-0.15, -0.1) is 0 Å². The number of carbonyl (C=O) groups excluding carboxylic acids is 2. The number of benzene rings is 1. The predicted molar refractivity (Wildman–Crippen MR) is 105 cm³/mol. The molecule has 0 atom stereocenters. The lowest BCUT2D eigenvalue weighted by Gasteiger charge is -2.32. The Hall–Kier alpha value is -2.60. The molecule has 142 valence electrons. The molecule has 1 aliphatic heterocycles. The first-order valence-electron chi connectivity index (χ1n) is 8.95. The Morgan fingerprint density at radius 1 is 1.22 bits per heavy atom. The van der Waals surface area contributed by atoms with E-state index < -0.39 is 18.5 Å². The monoisotopic (exact) mass is 387 g/mol. The minimum Gasteiger partial charge on any atom is -0.451 e. The molecule has 0 radical (unpaired) electrons. The lowest BCUT2D eigenvalue weighted by molar-refractivity contribution is -0.119. The number of carbonyl (C=O) groups is 2. The molecule has 1 aromatic heterocycles. The van der Waals surface area contributed by atoms with Gasteiger partial charge in [0.25, 0.3) is 5.91 Å². The van der Waals surface area contributed by atoms with Crippen LogP contribution in [0.3, 0.4) is 0 Å². The van der Waals surface area contributed by atoms with Gasteiger partial charge in [0.2, 0.25) is 0 Å². The molecule has 1 N–H and O–H groups in total. The van der Waals surface area contributed by atoms with E-state index in [4.69, 9.17) is 16.3 Å². The average molecular weight is 388 g/mol. The maximum Gasteiger partial charge on any atom is 0.357 e. The van der Waals surface area contributed by atoms with Crippen LogP contribution in [0.5, 0.6) is 0 Å². The van der Waals surface area contributed by atoms with Gasteiger partial charge in [-0.3, -0.25) is 4.79 Å². The number of piperidine rings is 1. The highest BCUT2D eigenvalue weighted by molar-refractivity contribution is 6.30. The number of rotatable bonds is 5. The standard InChI is InChI=1S/C20H22ClN3O3/c1-14-7-10-24(11-8-14)17-4-2-16(3-5-17)23-19(25)13-27-20(26)18-12-15(21)6-9-22-18/h2-6,9,12,14H,7-8,10-11,13H2,1H3,(H,23,25). The number of nitrogens with zero attached hydrogens (tertiary/aromatic N) is 2. The van der Waals surface area contributed by atoms with Crippen molar-refractivity contribution in [1.82, 2.24) is 4.98 Å². The van der Waals surface area contributed by atoms with E-state index in [2.05, 4.69) is 22.1 Å². The summed E-state index contributed by atoms with van der Waals surface area (Å²) in [5.41, 5.74) is 1.87. The zero-order chi connectivity index (χ0) is 19.2. The van der Waals surface area contributed by atoms with Gasteiger partial charge in [-0.2, -0.15) is 0 Å². The van der Waals surface area contributed by atoms with E-state index in [1.54, 1.807) is 6.07 Å². The normalized spacial score (nSPS) is 14.7. The number of hydrogen-bond donors (Lipinski definition) is 1. The fraction of sp³-hybridized carbons (Fsp3) is 0.350. The van der Waals surface area contributed by atoms with Crippen molar-refractivity contribution in [2.75, 3.05) is 29.9 Å². The molecule has 1 aromatic carbocycles. The molecule has 0 spiro atoms. The van der Waals surface area contributed by atoms with Gasteiger partial charge in [0.05, 0.1) is 0 Å². The summed E-state index contributed by atoms with van der Waals surface area (Å²) in [5, 5.41) is 3.10. The second-order valence-electron chi connectivity index (χ2n) is 6.70. The van der Waals surface area contributed by atoms with Crippen molar-refractivity contribution in [3.05, 3.63) is 53.3 Å². The van der Waals surface area contributed by atoms with E-state index >= 15 is 0 Å². The number of anilines is 2. The van der Waals surface area contributed by atoms with E-state index in [9.17, 15) is 9.59 Å². The van der Waals surface area contributed by atoms with Crippen molar-refractivity contribution in [1.29, 1.82) is 0 Å². The molecule has 7 heteroatoms. The van der Waals surface area contributed by atoms with Crippen molar-refractivity contribution in [3.8, 4) is 0 Å². The molecular weight excluding hydrogens is 366 g/mol. The number of nitrogens with one attached hydrogen (secondary N) is 1. The average Bonchev–Trinajstić information content (AvgIpc) is 2.67. The van der Waals surface area contributed by atoms with Crippen molar-refractivity contribution >= 4 is 34.9 Å². The van der Waals surface area contributed by atoms with Crippen LogP contribution in [0.4, 0.5) is 11.4 Å². The number of pyridine rings is 1. The fourth-order valence-electron chi connectivity index (χ4n) is 2.94. The number of hydrogen-bond acceptors (Lipinski definition) is 5. The Bertz CT molecular complexity index is 802. The second kappa shape index (κ2) is 8.86. The Morgan fingerprint density at radius 3 is 2.59 bits per heavy atom. The quantitative estimate of drug-likeness (QED) is 0.791. The van der Waals surface area contributed by atoms with Crippen molar-refractivity contribution in [3.63, 3.8) is 0 Å². The highest BCUT2D eigenvalue weighted by Crippen LogP contribution is 2.24. The van der Waals surface area contributed by atoms with Crippen LogP contribution in [-0.2, 0) is 9.53 Å². The van der Waals surface area contributed by atoms with Gasteiger partial charge in [-0.25, -0.2) is 9.78 Å². The largest absolute Gasteiger partial charge is 0.451 e. The number of halogens is 1. The van der Waals surface area contributed by atoms with Crippen LogP contribution in [0, 0.1) is 5.92 Å². The lowest BCUT2D eigenvalue weighted by Crippen LogP contribution is -2.32. The van der Waals surface area contributed by atoms with Crippen LogP contribution in [0.1, 0.15) is 30.3 Å². The maximum atomic E-state index is 12.0. The summed E-state index contributed by atoms with van der Waals surface area (Å²) in [6, 6.07) is 10.6. The van der Waals surface area contributed by atoms with Crippen molar-refractivity contribution in [2.45, 2.75) is 19.8 Å². The molecule has 1 aliphatic rings. The lowest BCUT2D eigenvalue weighted by atomic mass is 9.99. The van der Waals surface area contributed by atoms with Crippen LogP contribution >= 0.6 is 11.6 Å². The minimum atomic E-state index is -0.692. The van der Waals surface area contributed by atoms with Crippen LogP contribution in [0.15, 0.2) is 42.6 Å². The molecule has 0 unspecified atom stereocenters. The third kappa shape index (κ3) is 5.44. The summed E-state index contributed by atoms with van der Waals surface area (Å²) in [4.78, 5) is 30.1. The molecular formula is C20H22ClN3O3. The smallest absolute Gasteiger partial charge is 0.357 e.